The third-order valence-electron chi connectivity index (χ3n) is 1.77. The van der Waals surface area contributed by atoms with Crippen LogP contribution in [0.3, 0.4) is 0 Å². The molecule has 1 aromatic heterocycles. The third kappa shape index (κ3) is 1.46. The van der Waals surface area contributed by atoms with Gasteiger partial charge < -0.3 is 9.52 Å². The van der Waals surface area contributed by atoms with Crippen molar-refractivity contribution in [3.63, 3.8) is 0 Å². The van der Waals surface area contributed by atoms with Gasteiger partial charge in [-0.15, -0.1) is 0 Å². The molecule has 1 N–H and O–H groups in total. The van der Waals surface area contributed by atoms with E-state index in [1.807, 2.05) is 0 Å². The number of hydrogen-bond donors (Lipinski definition) is 1. The standard InChI is InChI=1S/C9H5FO3S/c10-14-5-1-2-8-6(3-5)7(11)4-9(12)13-8/h1-4,12H. The number of fused-ring (bicyclic) bond motifs is 1. The minimum Gasteiger partial charge on any atom is -0.481 e. The van der Waals surface area contributed by atoms with Crippen LogP contribution in [-0.4, -0.2) is 5.11 Å². The SMILES string of the molecule is O=c1cc(O)oc2ccc(SF)cc12. The zero-order valence-corrected chi connectivity index (χ0v) is 7.68. The fourth-order valence-corrected chi connectivity index (χ4v) is 1.45. The lowest BCUT2D eigenvalue weighted by atomic mass is 10.2. The van der Waals surface area contributed by atoms with Crippen molar-refractivity contribution in [1.82, 2.24) is 0 Å². The molecule has 2 aromatic rings. The molecule has 0 spiro atoms. The molecule has 14 heavy (non-hydrogen) atoms. The van der Waals surface area contributed by atoms with Gasteiger partial charge in [0, 0.05) is 4.90 Å². The molecule has 0 saturated carbocycles. The molecular weight excluding hydrogens is 207 g/mol. The maximum atomic E-state index is 12.2. The van der Waals surface area contributed by atoms with Gasteiger partial charge >= 0.3 is 0 Å². The van der Waals surface area contributed by atoms with Crippen molar-refractivity contribution in [1.29, 1.82) is 0 Å². The van der Waals surface area contributed by atoms with Gasteiger partial charge in [0.25, 0.3) is 5.95 Å². The van der Waals surface area contributed by atoms with Crippen LogP contribution in [0.15, 0.2) is 38.4 Å². The normalized spacial score (nSPS) is 10.6. The Hall–Kier alpha value is -1.49. The molecule has 0 atom stereocenters. The minimum atomic E-state index is -0.442. The first kappa shape index (κ1) is 9.08. The van der Waals surface area contributed by atoms with Gasteiger partial charge in [0.05, 0.1) is 23.6 Å². The molecule has 72 valence electrons. The van der Waals surface area contributed by atoms with E-state index in [4.69, 9.17) is 9.52 Å². The lowest BCUT2D eigenvalue weighted by molar-refractivity contribution is 0.339. The molecule has 0 saturated heterocycles. The summed E-state index contributed by atoms with van der Waals surface area (Å²) < 4.78 is 17.1. The number of aromatic hydroxyl groups is 1. The maximum Gasteiger partial charge on any atom is 0.286 e. The maximum absolute atomic E-state index is 12.2. The molecule has 0 unspecified atom stereocenters. The summed E-state index contributed by atoms with van der Waals surface area (Å²) in [5.74, 6) is -0.442. The van der Waals surface area contributed by atoms with E-state index in [-0.39, 0.29) is 28.5 Å². The number of benzene rings is 1. The van der Waals surface area contributed by atoms with Crippen LogP contribution in [0, 0.1) is 0 Å². The van der Waals surface area contributed by atoms with Gasteiger partial charge in [-0.3, -0.25) is 4.79 Å². The Balaban J connectivity index is 2.82. The molecule has 0 fully saturated rings. The Kier molecular flexibility index (Phi) is 2.17. The van der Waals surface area contributed by atoms with Gasteiger partial charge in [0.2, 0.25) is 0 Å². The molecule has 3 nitrogen and oxygen atoms in total. The molecular formula is C9H5FO3S. The number of rotatable bonds is 1. The van der Waals surface area contributed by atoms with Crippen molar-refractivity contribution in [2.75, 3.05) is 0 Å². The zero-order chi connectivity index (χ0) is 10.1. The Morgan fingerprint density at radius 3 is 2.86 bits per heavy atom. The summed E-state index contributed by atoms with van der Waals surface area (Å²) >= 11 is 0.0535. The van der Waals surface area contributed by atoms with E-state index in [0.717, 1.165) is 6.07 Å². The second-order valence-corrected chi connectivity index (χ2v) is 3.31. The van der Waals surface area contributed by atoms with Gasteiger partial charge in [0.1, 0.15) is 5.58 Å². The van der Waals surface area contributed by atoms with Gasteiger partial charge in [-0.2, -0.15) is 3.89 Å². The summed E-state index contributed by atoms with van der Waals surface area (Å²) in [5.41, 5.74) is -0.146. The Bertz CT molecular complexity index is 535. The van der Waals surface area contributed by atoms with E-state index in [9.17, 15) is 8.68 Å². The molecule has 1 aromatic carbocycles. The predicted octanol–water partition coefficient (Wildman–Crippen LogP) is 2.48. The van der Waals surface area contributed by atoms with E-state index in [0.29, 0.717) is 4.90 Å². The quantitative estimate of drug-likeness (QED) is 0.788. The smallest absolute Gasteiger partial charge is 0.286 e. The lowest BCUT2D eigenvalue weighted by Crippen LogP contribution is -1.98. The van der Waals surface area contributed by atoms with E-state index in [2.05, 4.69) is 0 Å². The molecule has 2 rings (SSSR count). The molecule has 0 radical (unpaired) electrons. The van der Waals surface area contributed by atoms with Gasteiger partial charge in [-0.25, -0.2) is 0 Å². The third-order valence-corrected chi connectivity index (χ3v) is 2.21. The highest BCUT2D eigenvalue weighted by Gasteiger charge is 2.04. The van der Waals surface area contributed by atoms with Crippen molar-refractivity contribution in [2.24, 2.45) is 0 Å². The summed E-state index contributed by atoms with van der Waals surface area (Å²) in [7, 11) is 0. The molecule has 1 heterocycles. The first-order valence-corrected chi connectivity index (χ1v) is 4.48. The minimum absolute atomic E-state index is 0.0535. The molecule has 5 heteroatoms. The molecule has 0 bridgehead atoms. The molecule has 0 amide bonds. The van der Waals surface area contributed by atoms with Gasteiger partial charge in [-0.05, 0) is 18.2 Å². The van der Waals surface area contributed by atoms with Crippen LogP contribution in [0.4, 0.5) is 3.89 Å². The topological polar surface area (TPSA) is 50.4 Å². The highest BCUT2D eigenvalue weighted by molar-refractivity contribution is 7.94. The Labute approximate surface area is 82.5 Å². The molecule has 0 aliphatic rings. The number of hydrogen-bond acceptors (Lipinski definition) is 4. The average Bonchev–Trinajstić information content (AvgIpc) is 2.17. The fourth-order valence-electron chi connectivity index (χ4n) is 1.17. The number of halogens is 1. The Morgan fingerprint density at radius 2 is 2.14 bits per heavy atom. The summed E-state index contributed by atoms with van der Waals surface area (Å²) in [5, 5.41) is 9.25. The van der Waals surface area contributed by atoms with Crippen molar-refractivity contribution in [2.45, 2.75) is 4.90 Å². The first-order chi connectivity index (χ1) is 6.70. The van der Waals surface area contributed by atoms with Crippen molar-refractivity contribution < 1.29 is 13.4 Å². The van der Waals surface area contributed by atoms with Crippen molar-refractivity contribution in [3.05, 3.63) is 34.5 Å². The second-order valence-electron chi connectivity index (χ2n) is 2.68. The lowest BCUT2D eigenvalue weighted by Gasteiger charge is -1.98. The molecule has 0 aliphatic heterocycles. The van der Waals surface area contributed by atoms with E-state index in [1.54, 1.807) is 0 Å². The van der Waals surface area contributed by atoms with Crippen LogP contribution >= 0.6 is 12.1 Å². The average molecular weight is 212 g/mol. The Morgan fingerprint density at radius 1 is 1.36 bits per heavy atom. The second kappa shape index (κ2) is 3.34. The highest BCUT2D eigenvalue weighted by atomic mass is 32.2. The van der Waals surface area contributed by atoms with E-state index in [1.165, 1.54) is 18.2 Å². The zero-order valence-electron chi connectivity index (χ0n) is 6.86. The summed E-state index contributed by atoms with van der Waals surface area (Å²) in [4.78, 5) is 11.6. The van der Waals surface area contributed by atoms with Crippen LogP contribution in [-0.2, 0) is 0 Å². The van der Waals surface area contributed by atoms with Crippen LogP contribution in [0.2, 0.25) is 0 Å². The highest BCUT2D eigenvalue weighted by Crippen LogP contribution is 2.23. The van der Waals surface area contributed by atoms with Crippen molar-refractivity contribution in [3.8, 4) is 5.95 Å². The van der Waals surface area contributed by atoms with Crippen LogP contribution in [0.5, 0.6) is 5.95 Å². The van der Waals surface area contributed by atoms with Crippen LogP contribution in [0.25, 0.3) is 11.0 Å². The first-order valence-electron chi connectivity index (χ1n) is 3.76. The van der Waals surface area contributed by atoms with Gasteiger partial charge in [0.15, 0.2) is 5.43 Å². The summed E-state index contributed by atoms with van der Waals surface area (Å²) in [6, 6.07) is 5.24. The predicted molar refractivity (Wildman–Crippen MR) is 51.1 cm³/mol. The van der Waals surface area contributed by atoms with Crippen molar-refractivity contribution >= 4 is 23.1 Å². The monoisotopic (exact) mass is 212 g/mol. The van der Waals surface area contributed by atoms with E-state index >= 15 is 0 Å². The largest absolute Gasteiger partial charge is 0.481 e. The van der Waals surface area contributed by atoms with Crippen LogP contribution in [0.1, 0.15) is 0 Å². The summed E-state index contributed by atoms with van der Waals surface area (Å²) in [6.45, 7) is 0. The summed E-state index contributed by atoms with van der Waals surface area (Å²) in [6.07, 6.45) is 0. The van der Waals surface area contributed by atoms with Gasteiger partial charge in [-0.1, -0.05) is 0 Å². The fraction of sp³-hybridized carbons (Fsp3) is 0. The van der Waals surface area contributed by atoms with Crippen LogP contribution < -0.4 is 5.43 Å². The van der Waals surface area contributed by atoms with E-state index < -0.39 is 5.95 Å². The molecule has 0 aliphatic carbocycles.